The normalized spacial score (nSPS) is 10.7. The number of fused-ring (bicyclic) bond motifs is 1. The molecular formula is C16H12FN3O. The zero-order chi connectivity index (χ0) is 15.0. The number of benzene rings is 2. The van der Waals surface area contributed by atoms with E-state index in [1.165, 1.54) is 15.2 Å². The number of hydrogen-bond acceptors (Lipinski definition) is 2. The van der Waals surface area contributed by atoms with Gasteiger partial charge in [-0.2, -0.15) is 5.26 Å². The van der Waals surface area contributed by atoms with Gasteiger partial charge in [0.05, 0.1) is 23.1 Å². The number of para-hydroxylation sites is 2. The molecule has 0 radical (unpaired) electrons. The number of nitriles is 1. The molecule has 0 aliphatic heterocycles. The molecule has 0 atom stereocenters. The van der Waals surface area contributed by atoms with Crippen molar-refractivity contribution >= 4 is 11.0 Å². The fourth-order valence-corrected chi connectivity index (χ4v) is 2.47. The first-order valence-electron chi connectivity index (χ1n) is 6.45. The third-order valence-corrected chi connectivity index (χ3v) is 3.58. The van der Waals surface area contributed by atoms with E-state index in [-0.39, 0.29) is 17.8 Å². The van der Waals surface area contributed by atoms with Crippen molar-refractivity contribution in [3.8, 4) is 6.07 Å². The first-order valence-corrected chi connectivity index (χ1v) is 6.45. The Hall–Kier alpha value is -2.87. The molecule has 2 aromatic carbocycles. The Labute approximate surface area is 120 Å². The first-order chi connectivity index (χ1) is 10.1. The van der Waals surface area contributed by atoms with Crippen molar-refractivity contribution in [2.24, 2.45) is 7.05 Å². The average molecular weight is 281 g/mol. The van der Waals surface area contributed by atoms with E-state index >= 15 is 0 Å². The summed E-state index contributed by atoms with van der Waals surface area (Å²) < 4.78 is 17.2. The zero-order valence-electron chi connectivity index (χ0n) is 11.4. The molecule has 0 fully saturated rings. The van der Waals surface area contributed by atoms with Crippen molar-refractivity contribution in [2.75, 3.05) is 0 Å². The van der Waals surface area contributed by atoms with Gasteiger partial charge in [0, 0.05) is 12.6 Å². The fraction of sp³-hybridized carbons (Fsp3) is 0.125. The van der Waals surface area contributed by atoms with E-state index in [9.17, 15) is 9.18 Å². The van der Waals surface area contributed by atoms with Gasteiger partial charge in [-0.15, -0.1) is 0 Å². The van der Waals surface area contributed by atoms with Crippen LogP contribution in [0.5, 0.6) is 0 Å². The van der Waals surface area contributed by atoms with E-state index in [1.807, 2.05) is 30.3 Å². The molecule has 0 saturated carbocycles. The first kappa shape index (κ1) is 13.1. The minimum atomic E-state index is -0.570. The molecule has 3 rings (SSSR count). The highest BCUT2D eigenvalue weighted by Gasteiger charge is 2.13. The third kappa shape index (κ3) is 2.01. The van der Waals surface area contributed by atoms with Gasteiger partial charge in [-0.25, -0.2) is 9.18 Å². The predicted octanol–water partition coefficient (Wildman–Crippen LogP) is 2.40. The van der Waals surface area contributed by atoms with Crippen LogP contribution >= 0.6 is 0 Å². The van der Waals surface area contributed by atoms with Crippen LogP contribution in [0.2, 0.25) is 0 Å². The lowest BCUT2D eigenvalue weighted by atomic mass is 10.1. The number of imidazole rings is 1. The van der Waals surface area contributed by atoms with E-state index in [0.717, 1.165) is 11.0 Å². The summed E-state index contributed by atoms with van der Waals surface area (Å²) >= 11 is 0. The second kappa shape index (κ2) is 4.91. The Bertz CT molecular complexity index is 931. The van der Waals surface area contributed by atoms with Gasteiger partial charge < -0.3 is 0 Å². The lowest BCUT2D eigenvalue weighted by Crippen LogP contribution is -2.23. The number of hydrogen-bond donors (Lipinski definition) is 0. The lowest BCUT2D eigenvalue weighted by molar-refractivity contribution is 0.593. The summed E-state index contributed by atoms with van der Waals surface area (Å²) in [5.41, 5.74) is 1.64. The topological polar surface area (TPSA) is 50.7 Å². The van der Waals surface area contributed by atoms with Crippen molar-refractivity contribution in [3.63, 3.8) is 0 Å². The van der Waals surface area contributed by atoms with Gasteiger partial charge in [-0.1, -0.05) is 24.3 Å². The van der Waals surface area contributed by atoms with Crippen molar-refractivity contribution in [3.05, 3.63) is 69.9 Å². The van der Waals surface area contributed by atoms with Crippen molar-refractivity contribution in [1.29, 1.82) is 5.26 Å². The minimum absolute atomic E-state index is 0.0132. The van der Waals surface area contributed by atoms with Crippen LogP contribution in [-0.2, 0) is 13.6 Å². The maximum Gasteiger partial charge on any atom is 0.329 e. The number of halogens is 1. The molecule has 0 spiro atoms. The highest BCUT2D eigenvalue weighted by atomic mass is 19.1. The van der Waals surface area contributed by atoms with Crippen LogP contribution in [0, 0.1) is 17.1 Å². The molecule has 0 bridgehead atoms. The molecule has 1 heterocycles. The van der Waals surface area contributed by atoms with Gasteiger partial charge >= 0.3 is 5.69 Å². The summed E-state index contributed by atoms with van der Waals surface area (Å²) in [6, 6.07) is 13.8. The Kier molecular flexibility index (Phi) is 3.07. The van der Waals surface area contributed by atoms with Crippen LogP contribution in [0.3, 0.4) is 0 Å². The summed E-state index contributed by atoms with van der Waals surface area (Å²) in [6.45, 7) is 0.0987. The van der Waals surface area contributed by atoms with Crippen LogP contribution in [0.25, 0.3) is 11.0 Å². The summed E-state index contributed by atoms with van der Waals surface area (Å²) in [4.78, 5) is 12.3. The van der Waals surface area contributed by atoms with Crippen molar-refractivity contribution < 1.29 is 4.39 Å². The lowest BCUT2D eigenvalue weighted by Gasteiger charge is -2.06. The molecule has 0 saturated heterocycles. The van der Waals surface area contributed by atoms with E-state index in [1.54, 1.807) is 19.2 Å². The molecule has 1 aromatic heterocycles. The summed E-state index contributed by atoms with van der Waals surface area (Å²) in [5.74, 6) is -0.570. The molecule has 0 amide bonds. The van der Waals surface area contributed by atoms with Gasteiger partial charge in [0.1, 0.15) is 11.9 Å². The minimum Gasteiger partial charge on any atom is -0.295 e. The Morgan fingerprint density at radius 1 is 1.14 bits per heavy atom. The smallest absolute Gasteiger partial charge is 0.295 e. The van der Waals surface area contributed by atoms with Crippen LogP contribution < -0.4 is 5.69 Å². The molecule has 104 valence electrons. The predicted molar refractivity (Wildman–Crippen MR) is 77.4 cm³/mol. The Balaban J connectivity index is 2.18. The fourth-order valence-electron chi connectivity index (χ4n) is 2.47. The summed E-state index contributed by atoms with van der Waals surface area (Å²) in [7, 11) is 1.68. The number of aryl methyl sites for hydroxylation is 1. The van der Waals surface area contributed by atoms with Crippen molar-refractivity contribution in [2.45, 2.75) is 6.54 Å². The number of aromatic nitrogens is 2. The quantitative estimate of drug-likeness (QED) is 0.724. The highest BCUT2D eigenvalue weighted by Crippen LogP contribution is 2.17. The molecule has 0 unspecified atom stereocenters. The third-order valence-electron chi connectivity index (χ3n) is 3.58. The van der Waals surface area contributed by atoms with Gasteiger partial charge in [-0.05, 0) is 18.2 Å². The van der Waals surface area contributed by atoms with E-state index in [0.29, 0.717) is 5.56 Å². The number of rotatable bonds is 2. The van der Waals surface area contributed by atoms with Crippen LogP contribution in [0.4, 0.5) is 4.39 Å². The van der Waals surface area contributed by atoms with Crippen molar-refractivity contribution in [1.82, 2.24) is 9.13 Å². The van der Waals surface area contributed by atoms with Crippen LogP contribution in [0.1, 0.15) is 11.1 Å². The summed E-state index contributed by atoms with van der Waals surface area (Å²) in [5, 5.41) is 8.88. The highest BCUT2D eigenvalue weighted by molar-refractivity contribution is 5.76. The number of nitrogens with zero attached hydrogens (tertiary/aromatic N) is 3. The molecule has 3 aromatic rings. The standard InChI is InChI=1S/C16H12FN3O/c1-19-13-7-2-3-8-14(13)20(16(19)21)10-12-6-4-5-11(9-18)15(12)17/h2-8H,10H2,1H3. The maximum atomic E-state index is 14.2. The van der Waals surface area contributed by atoms with E-state index < -0.39 is 5.82 Å². The van der Waals surface area contributed by atoms with Crippen LogP contribution in [0.15, 0.2) is 47.3 Å². The molecule has 0 aliphatic rings. The molecule has 4 nitrogen and oxygen atoms in total. The molecule has 0 N–H and O–H groups in total. The van der Waals surface area contributed by atoms with E-state index in [4.69, 9.17) is 5.26 Å². The Morgan fingerprint density at radius 3 is 2.57 bits per heavy atom. The van der Waals surface area contributed by atoms with E-state index in [2.05, 4.69) is 0 Å². The van der Waals surface area contributed by atoms with Gasteiger partial charge in [-0.3, -0.25) is 9.13 Å². The van der Waals surface area contributed by atoms with Gasteiger partial charge in [0.25, 0.3) is 0 Å². The summed E-state index contributed by atoms with van der Waals surface area (Å²) in [6.07, 6.45) is 0. The monoisotopic (exact) mass is 281 g/mol. The van der Waals surface area contributed by atoms with Crippen LogP contribution in [-0.4, -0.2) is 9.13 Å². The average Bonchev–Trinajstić information content (AvgIpc) is 2.75. The largest absolute Gasteiger partial charge is 0.329 e. The molecule has 0 aliphatic carbocycles. The SMILES string of the molecule is Cn1c(=O)n(Cc2cccc(C#N)c2F)c2ccccc21. The molecular weight excluding hydrogens is 269 g/mol. The van der Waals surface area contributed by atoms with Gasteiger partial charge in [0.15, 0.2) is 0 Å². The van der Waals surface area contributed by atoms with Gasteiger partial charge in [0.2, 0.25) is 0 Å². The maximum absolute atomic E-state index is 14.2. The molecule has 21 heavy (non-hydrogen) atoms. The Morgan fingerprint density at radius 2 is 1.86 bits per heavy atom. The second-order valence-electron chi connectivity index (χ2n) is 4.81. The molecule has 5 heteroatoms. The zero-order valence-corrected chi connectivity index (χ0v) is 11.4. The second-order valence-corrected chi connectivity index (χ2v) is 4.81.